The van der Waals surface area contributed by atoms with Crippen LogP contribution in [0.3, 0.4) is 0 Å². The summed E-state index contributed by atoms with van der Waals surface area (Å²) in [5, 5.41) is 6.86. The van der Waals surface area contributed by atoms with Gasteiger partial charge in [-0.2, -0.15) is 29.0 Å². The van der Waals surface area contributed by atoms with Crippen LogP contribution in [-0.2, 0) is 19.7 Å². The Kier molecular flexibility index (Phi) is 8.38. The predicted molar refractivity (Wildman–Crippen MR) is 131 cm³/mol. The number of nitrogens with zero attached hydrogens (tertiary/aromatic N) is 1. The first-order valence-electron chi connectivity index (χ1n) is 12.0. The molecule has 6 atom stereocenters. The van der Waals surface area contributed by atoms with Gasteiger partial charge in [0.2, 0.25) is 15.9 Å². The molecule has 0 spiro atoms. The highest BCUT2D eigenvalue weighted by Gasteiger charge is 2.48. The molecule has 4 aliphatic heterocycles. The van der Waals surface area contributed by atoms with Crippen LogP contribution in [0.25, 0.3) is 0 Å². The van der Waals surface area contributed by atoms with E-state index in [-0.39, 0.29) is 34.7 Å². The van der Waals surface area contributed by atoms with E-state index in [0.717, 1.165) is 6.54 Å². The van der Waals surface area contributed by atoms with E-state index in [1.54, 1.807) is 16.1 Å². The molecule has 8 nitrogen and oxygen atoms in total. The quantitative estimate of drug-likeness (QED) is 0.480. The maximum Gasteiger partial charge on any atom is 0.223 e. The first-order chi connectivity index (χ1) is 15.3. The van der Waals surface area contributed by atoms with Crippen molar-refractivity contribution >= 4 is 39.5 Å². The zero-order valence-electron chi connectivity index (χ0n) is 19.3. The Labute approximate surface area is 201 Å². The molecule has 0 aliphatic carbocycles. The fraction of sp³-hybridized carbons (Fsp3) is 0.952. The van der Waals surface area contributed by atoms with Crippen molar-refractivity contribution in [2.75, 3.05) is 25.4 Å². The summed E-state index contributed by atoms with van der Waals surface area (Å²) in [4.78, 5) is 18.2. The molecule has 184 valence electrons. The van der Waals surface area contributed by atoms with Crippen LogP contribution < -0.4 is 16.1 Å². The van der Waals surface area contributed by atoms with Crippen LogP contribution in [0.15, 0.2) is 0 Å². The number of nitrogens with one attached hydrogen (secondary N) is 3. The topological polar surface area (TPSA) is 99.8 Å². The first-order valence-corrected chi connectivity index (χ1v) is 15.5. The molecule has 0 saturated carbocycles. The zero-order valence-corrected chi connectivity index (χ0v) is 21.7. The second-order valence-corrected chi connectivity index (χ2v) is 15.0. The second-order valence-electron chi connectivity index (χ2n) is 9.80. The molecule has 0 aromatic carbocycles. The average Bonchev–Trinajstić information content (AvgIpc) is 3.52. The summed E-state index contributed by atoms with van der Waals surface area (Å²) in [5.74, 6) is 1.55. The van der Waals surface area contributed by atoms with Crippen molar-refractivity contribution in [3.63, 3.8) is 0 Å². The van der Waals surface area contributed by atoms with Crippen LogP contribution in [-0.4, -0.2) is 77.4 Å². The molecule has 6 unspecified atom stereocenters. The molecular weight excluding hydrogens is 468 g/mol. The summed E-state index contributed by atoms with van der Waals surface area (Å²) in [5.41, 5.74) is 3.07. The molecule has 32 heavy (non-hydrogen) atoms. The number of hydrogen-bond acceptors (Lipinski definition) is 8. The summed E-state index contributed by atoms with van der Waals surface area (Å²) in [6.07, 6.45) is 4.14. The van der Waals surface area contributed by atoms with E-state index in [1.807, 2.05) is 18.7 Å². The lowest BCUT2D eigenvalue weighted by Gasteiger charge is -2.33. The van der Waals surface area contributed by atoms with E-state index >= 15 is 0 Å². The van der Waals surface area contributed by atoms with Gasteiger partial charge < -0.3 is 5.32 Å². The Balaban J connectivity index is 1.27. The molecule has 11 heteroatoms. The Morgan fingerprint density at radius 1 is 1.25 bits per heavy atom. The molecule has 0 aromatic rings. The largest absolute Gasteiger partial charge is 0.355 e. The van der Waals surface area contributed by atoms with Gasteiger partial charge in [0.1, 0.15) is 6.23 Å². The van der Waals surface area contributed by atoms with Gasteiger partial charge in [-0.1, -0.05) is 20.8 Å². The van der Waals surface area contributed by atoms with Crippen molar-refractivity contribution in [2.45, 2.75) is 86.3 Å². The van der Waals surface area contributed by atoms with Gasteiger partial charge in [0.05, 0.1) is 11.4 Å². The summed E-state index contributed by atoms with van der Waals surface area (Å²) < 4.78 is 28.5. The van der Waals surface area contributed by atoms with Crippen LogP contribution >= 0.6 is 23.5 Å². The predicted octanol–water partition coefficient (Wildman–Crippen LogP) is 1.74. The van der Waals surface area contributed by atoms with Gasteiger partial charge >= 0.3 is 0 Å². The van der Waals surface area contributed by atoms with Gasteiger partial charge in [0.15, 0.2) is 0 Å². The third-order valence-electron chi connectivity index (χ3n) is 7.12. The second kappa shape index (κ2) is 10.7. The summed E-state index contributed by atoms with van der Waals surface area (Å²) in [6, 6.07) is 0. The zero-order chi connectivity index (χ0) is 22.9. The molecule has 0 bridgehead atoms. The molecule has 0 aromatic heterocycles. The van der Waals surface area contributed by atoms with Gasteiger partial charge in [-0.05, 0) is 43.8 Å². The van der Waals surface area contributed by atoms with Gasteiger partial charge in [-0.3, -0.25) is 14.9 Å². The Morgan fingerprint density at radius 3 is 2.62 bits per heavy atom. The number of piperidine rings is 1. The fourth-order valence-electron chi connectivity index (χ4n) is 5.05. The highest BCUT2D eigenvalue weighted by atomic mass is 32.2. The minimum absolute atomic E-state index is 0.0247. The lowest BCUT2D eigenvalue weighted by molar-refractivity contribution is -0.126. The number of sulfonamides is 1. The summed E-state index contributed by atoms with van der Waals surface area (Å²) >= 11 is 3.66. The van der Waals surface area contributed by atoms with E-state index in [4.69, 9.17) is 4.84 Å². The van der Waals surface area contributed by atoms with Crippen LogP contribution in [0.5, 0.6) is 0 Å². The minimum atomic E-state index is -3.40. The molecule has 1 amide bonds. The maximum absolute atomic E-state index is 13.4. The van der Waals surface area contributed by atoms with E-state index in [2.05, 4.69) is 30.0 Å². The molecule has 0 radical (unpaired) electrons. The number of amides is 1. The average molecular weight is 507 g/mol. The third-order valence-corrected chi connectivity index (χ3v) is 12.7. The number of carbonyl (C=O) groups is 1. The van der Waals surface area contributed by atoms with Crippen LogP contribution in [0.1, 0.15) is 52.9 Å². The fourth-order valence-corrected chi connectivity index (χ4v) is 10.5. The third kappa shape index (κ3) is 5.60. The molecule has 4 heterocycles. The van der Waals surface area contributed by atoms with Crippen molar-refractivity contribution < 1.29 is 18.0 Å². The summed E-state index contributed by atoms with van der Waals surface area (Å²) in [7, 11) is -3.40. The number of hydrogen-bond donors (Lipinski definition) is 3. The standard InChI is InChI=1S/C21H38N4O4S3/c1-13(2)21-23-19(24-29-21)17-11-18(14(3)31-17)32(27,28)25-8-6-15(7-9-25)20(26)22-12-16-5-4-10-30-16/h13-19,21,23-24H,4-12H2,1-3H3,(H,22,26). The molecule has 4 saturated heterocycles. The molecule has 4 aliphatic rings. The van der Waals surface area contributed by atoms with Gasteiger partial charge in [0, 0.05) is 41.3 Å². The Morgan fingerprint density at radius 2 is 2.00 bits per heavy atom. The van der Waals surface area contributed by atoms with Crippen LogP contribution in [0, 0.1) is 11.8 Å². The van der Waals surface area contributed by atoms with E-state index in [1.165, 1.54) is 18.6 Å². The molecular formula is C21H38N4O4S3. The lowest BCUT2D eigenvalue weighted by Crippen LogP contribution is -2.48. The monoisotopic (exact) mass is 506 g/mol. The minimum Gasteiger partial charge on any atom is -0.355 e. The number of carbonyl (C=O) groups excluding carboxylic acids is 1. The van der Waals surface area contributed by atoms with Crippen molar-refractivity contribution in [2.24, 2.45) is 11.8 Å². The van der Waals surface area contributed by atoms with Gasteiger partial charge in [0.25, 0.3) is 0 Å². The normalized spacial score (nSPS) is 37.4. The van der Waals surface area contributed by atoms with Crippen LogP contribution in [0.4, 0.5) is 0 Å². The van der Waals surface area contributed by atoms with E-state index in [9.17, 15) is 13.2 Å². The highest BCUT2D eigenvalue weighted by molar-refractivity contribution is 8.02. The van der Waals surface area contributed by atoms with Crippen molar-refractivity contribution in [1.29, 1.82) is 0 Å². The van der Waals surface area contributed by atoms with E-state index in [0.29, 0.717) is 43.5 Å². The first kappa shape index (κ1) is 25.1. The van der Waals surface area contributed by atoms with Gasteiger partial charge in [-0.15, -0.1) is 0 Å². The molecule has 4 rings (SSSR count). The molecule has 3 N–H and O–H groups in total. The Hall–Kier alpha value is -0.0400. The lowest BCUT2D eigenvalue weighted by atomic mass is 9.97. The number of hydroxylamine groups is 1. The van der Waals surface area contributed by atoms with Crippen molar-refractivity contribution in [3.05, 3.63) is 0 Å². The van der Waals surface area contributed by atoms with Gasteiger partial charge in [-0.25, -0.2) is 12.7 Å². The SMILES string of the molecule is CC(C)C1NC(C2CC(S(=O)(=O)N3CCC(C(=O)NCC4CCCS4)CC3)C(C)S2)NO1. The molecule has 4 fully saturated rings. The number of rotatable bonds is 7. The Bertz CT molecular complexity index is 754. The van der Waals surface area contributed by atoms with Crippen molar-refractivity contribution in [1.82, 2.24) is 20.4 Å². The van der Waals surface area contributed by atoms with Crippen molar-refractivity contribution in [3.8, 4) is 0 Å². The number of thioether (sulfide) groups is 2. The smallest absolute Gasteiger partial charge is 0.223 e. The summed E-state index contributed by atoms with van der Waals surface area (Å²) in [6.45, 7) is 7.83. The van der Waals surface area contributed by atoms with Crippen LogP contribution in [0.2, 0.25) is 0 Å². The van der Waals surface area contributed by atoms with E-state index < -0.39 is 15.3 Å². The maximum atomic E-state index is 13.4. The highest BCUT2D eigenvalue weighted by Crippen LogP contribution is 2.41.